The van der Waals surface area contributed by atoms with E-state index in [1.165, 1.54) is 10.5 Å². The molecule has 2 aromatic carbocycles. The number of nitrogens with zero attached hydrogens (tertiary/aromatic N) is 2. The standard InChI is InChI=1S/C23H19N3O3/c1-16-10-11-26-21(12-16)24-19(14-22(26)27)15-29-20-9-5-8-18(13-20)25-23(28)17-6-3-2-4-7-17/h2-14H,15H2,1H3,(H,25,28). The molecule has 4 aromatic rings. The van der Waals surface area contributed by atoms with Gasteiger partial charge in [0.1, 0.15) is 18.0 Å². The van der Waals surface area contributed by atoms with Crippen LogP contribution in [0.5, 0.6) is 5.75 Å². The van der Waals surface area contributed by atoms with E-state index in [2.05, 4.69) is 10.3 Å². The van der Waals surface area contributed by atoms with E-state index in [1.54, 1.807) is 42.6 Å². The fourth-order valence-corrected chi connectivity index (χ4v) is 2.94. The van der Waals surface area contributed by atoms with Gasteiger partial charge in [-0.2, -0.15) is 0 Å². The number of fused-ring (bicyclic) bond motifs is 1. The van der Waals surface area contributed by atoms with Crippen molar-refractivity contribution >= 4 is 17.2 Å². The number of rotatable bonds is 5. The first-order valence-electron chi connectivity index (χ1n) is 9.17. The first kappa shape index (κ1) is 18.4. The van der Waals surface area contributed by atoms with E-state index >= 15 is 0 Å². The molecule has 29 heavy (non-hydrogen) atoms. The average Bonchev–Trinajstić information content (AvgIpc) is 2.73. The number of ether oxygens (including phenoxy) is 1. The molecule has 0 bridgehead atoms. The molecular formula is C23H19N3O3. The second-order valence-corrected chi connectivity index (χ2v) is 6.65. The van der Waals surface area contributed by atoms with Gasteiger partial charge >= 0.3 is 0 Å². The quantitative estimate of drug-likeness (QED) is 0.567. The summed E-state index contributed by atoms with van der Waals surface area (Å²) in [6, 6.07) is 21.3. The van der Waals surface area contributed by atoms with Crippen molar-refractivity contribution in [2.24, 2.45) is 0 Å². The fraction of sp³-hybridized carbons (Fsp3) is 0.0870. The first-order chi connectivity index (χ1) is 14.1. The summed E-state index contributed by atoms with van der Waals surface area (Å²) >= 11 is 0. The number of carbonyl (C=O) groups excluding carboxylic acids is 1. The van der Waals surface area contributed by atoms with Crippen LogP contribution in [0.15, 0.2) is 83.8 Å². The SMILES string of the molecule is Cc1ccn2c(=O)cc(COc3cccc(NC(=O)c4ccccc4)c3)nc2c1. The lowest BCUT2D eigenvalue weighted by Crippen LogP contribution is -2.16. The van der Waals surface area contributed by atoms with Crippen LogP contribution in [-0.2, 0) is 6.61 Å². The summed E-state index contributed by atoms with van der Waals surface area (Å²) in [5.74, 6) is 0.379. The van der Waals surface area contributed by atoms with Crippen LogP contribution in [0, 0.1) is 6.92 Å². The number of amides is 1. The van der Waals surface area contributed by atoms with E-state index in [0.29, 0.717) is 28.3 Å². The predicted molar refractivity (Wildman–Crippen MR) is 111 cm³/mol. The number of nitrogens with one attached hydrogen (secondary N) is 1. The second kappa shape index (κ2) is 7.98. The zero-order valence-corrected chi connectivity index (χ0v) is 15.8. The Labute approximate surface area is 167 Å². The molecule has 1 N–H and O–H groups in total. The Morgan fingerprint density at radius 3 is 2.69 bits per heavy atom. The molecule has 6 nitrogen and oxygen atoms in total. The number of benzene rings is 2. The van der Waals surface area contributed by atoms with Crippen molar-refractivity contribution in [1.82, 2.24) is 9.38 Å². The predicted octanol–water partition coefficient (Wildman–Crippen LogP) is 3.83. The Balaban J connectivity index is 1.48. The van der Waals surface area contributed by atoms with Crippen molar-refractivity contribution in [1.29, 1.82) is 0 Å². The summed E-state index contributed by atoms with van der Waals surface area (Å²) in [4.78, 5) is 29.0. The Bertz CT molecular complexity index is 1230. The largest absolute Gasteiger partial charge is 0.487 e. The van der Waals surface area contributed by atoms with Crippen molar-refractivity contribution in [3.63, 3.8) is 0 Å². The van der Waals surface area contributed by atoms with Gasteiger partial charge in [0, 0.05) is 29.6 Å². The molecule has 144 valence electrons. The first-order valence-corrected chi connectivity index (χ1v) is 9.17. The van der Waals surface area contributed by atoms with Crippen LogP contribution in [0.1, 0.15) is 21.6 Å². The van der Waals surface area contributed by atoms with Crippen LogP contribution in [0.2, 0.25) is 0 Å². The maximum absolute atomic E-state index is 12.3. The van der Waals surface area contributed by atoms with Gasteiger partial charge in [0.15, 0.2) is 0 Å². The molecule has 6 heteroatoms. The van der Waals surface area contributed by atoms with Gasteiger partial charge in [0.25, 0.3) is 11.5 Å². The minimum Gasteiger partial charge on any atom is -0.487 e. The summed E-state index contributed by atoms with van der Waals surface area (Å²) in [6.45, 7) is 2.10. The van der Waals surface area contributed by atoms with E-state index < -0.39 is 0 Å². The Kier molecular flexibility index (Phi) is 5.07. The Morgan fingerprint density at radius 1 is 1.03 bits per heavy atom. The molecule has 0 radical (unpaired) electrons. The third kappa shape index (κ3) is 4.32. The molecule has 0 spiro atoms. The fourth-order valence-electron chi connectivity index (χ4n) is 2.94. The van der Waals surface area contributed by atoms with Crippen LogP contribution in [0.3, 0.4) is 0 Å². The number of anilines is 1. The zero-order valence-electron chi connectivity index (χ0n) is 15.8. The molecule has 0 aliphatic rings. The maximum Gasteiger partial charge on any atom is 0.258 e. The normalized spacial score (nSPS) is 10.7. The van der Waals surface area contributed by atoms with Crippen molar-refractivity contribution in [2.45, 2.75) is 13.5 Å². The van der Waals surface area contributed by atoms with E-state index in [9.17, 15) is 9.59 Å². The molecule has 1 amide bonds. The molecule has 4 rings (SSSR count). The molecular weight excluding hydrogens is 366 g/mol. The van der Waals surface area contributed by atoms with Gasteiger partial charge in [-0.15, -0.1) is 0 Å². The Morgan fingerprint density at radius 2 is 1.86 bits per heavy atom. The van der Waals surface area contributed by atoms with Gasteiger partial charge in [0.2, 0.25) is 0 Å². The summed E-state index contributed by atoms with van der Waals surface area (Å²) in [6.07, 6.45) is 1.71. The van der Waals surface area contributed by atoms with Gasteiger partial charge in [0.05, 0.1) is 5.69 Å². The molecule has 0 atom stereocenters. The molecule has 0 unspecified atom stereocenters. The van der Waals surface area contributed by atoms with Gasteiger partial charge < -0.3 is 10.1 Å². The number of carbonyl (C=O) groups is 1. The van der Waals surface area contributed by atoms with Crippen molar-refractivity contribution in [3.05, 3.63) is 106 Å². The van der Waals surface area contributed by atoms with Crippen molar-refractivity contribution in [3.8, 4) is 5.75 Å². The van der Waals surface area contributed by atoms with Crippen LogP contribution < -0.4 is 15.6 Å². The van der Waals surface area contributed by atoms with Crippen LogP contribution >= 0.6 is 0 Å². The molecule has 2 aromatic heterocycles. The minimum atomic E-state index is -0.192. The monoisotopic (exact) mass is 385 g/mol. The lowest BCUT2D eigenvalue weighted by atomic mass is 10.2. The van der Waals surface area contributed by atoms with Gasteiger partial charge in [-0.25, -0.2) is 4.98 Å². The number of hydrogen-bond donors (Lipinski definition) is 1. The van der Waals surface area contributed by atoms with E-state index in [1.807, 2.05) is 37.3 Å². The highest BCUT2D eigenvalue weighted by molar-refractivity contribution is 6.04. The van der Waals surface area contributed by atoms with Crippen molar-refractivity contribution in [2.75, 3.05) is 5.32 Å². The van der Waals surface area contributed by atoms with Crippen LogP contribution in [0.25, 0.3) is 5.65 Å². The lowest BCUT2D eigenvalue weighted by Gasteiger charge is -2.10. The molecule has 0 aliphatic carbocycles. The molecule has 0 aliphatic heterocycles. The third-order valence-electron chi connectivity index (χ3n) is 4.39. The van der Waals surface area contributed by atoms with E-state index in [0.717, 1.165) is 5.56 Å². The van der Waals surface area contributed by atoms with E-state index in [4.69, 9.17) is 4.74 Å². The topological polar surface area (TPSA) is 72.7 Å². The van der Waals surface area contributed by atoms with Crippen molar-refractivity contribution < 1.29 is 9.53 Å². The molecule has 0 saturated carbocycles. The number of aromatic nitrogens is 2. The Hall–Kier alpha value is -3.93. The minimum absolute atomic E-state index is 0.149. The van der Waals surface area contributed by atoms with Gasteiger partial charge in [-0.1, -0.05) is 24.3 Å². The maximum atomic E-state index is 12.3. The number of pyridine rings is 1. The molecule has 0 fully saturated rings. The van der Waals surface area contributed by atoms with Crippen LogP contribution in [0.4, 0.5) is 5.69 Å². The summed E-state index contributed by atoms with van der Waals surface area (Å²) < 4.78 is 7.29. The second-order valence-electron chi connectivity index (χ2n) is 6.65. The zero-order chi connectivity index (χ0) is 20.2. The lowest BCUT2D eigenvalue weighted by molar-refractivity contribution is 0.102. The van der Waals surface area contributed by atoms with Gasteiger partial charge in [-0.05, 0) is 48.9 Å². The third-order valence-corrected chi connectivity index (χ3v) is 4.39. The summed E-state index contributed by atoms with van der Waals surface area (Å²) in [5.41, 5.74) is 3.20. The average molecular weight is 385 g/mol. The summed E-state index contributed by atoms with van der Waals surface area (Å²) in [7, 11) is 0. The van der Waals surface area contributed by atoms with Crippen LogP contribution in [-0.4, -0.2) is 15.3 Å². The van der Waals surface area contributed by atoms with E-state index in [-0.39, 0.29) is 18.1 Å². The summed E-state index contributed by atoms with van der Waals surface area (Å²) in [5, 5.41) is 2.85. The molecule has 2 heterocycles. The highest BCUT2D eigenvalue weighted by Gasteiger charge is 2.07. The number of aryl methyl sites for hydroxylation is 1. The molecule has 0 saturated heterocycles. The number of hydrogen-bond acceptors (Lipinski definition) is 4. The highest BCUT2D eigenvalue weighted by Crippen LogP contribution is 2.19. The van der Waals surface area contributed by atoms with Gasteiger partial charge in [-0.3, -0.25) is 14.0 Å². The highest BCUT2D eigenvalue weighted by atomic mass is 16.5. The smallest absolute Gasteiger partial charge is 0.258 e.